The predicted molar refractivity (Wildman–Crippen MR) is 143 cm³/mol. The fourth-order valence-electron chi connectivity index (χ4n) is 2.24. The zero-order chi connectivity index (χ0) is 30.2. The maximum Gasteiger partial charge on any atom is 0.481 e. The lowest BCUT2D eigenvalue weighted by Gasteiger charge is -2.11. The third kappa shape index (κ3) is 30.0. The minimum Gasteiger partial charge on any atom is -0.302 e. The summed E-state index contributed by atoms with van der Waals surface area (Å²) in [6.45, 7) is 11.1. The van der Waals surface area contributed by atoms with Crippen molar-refractivity contribution in [2.24, 2.45) is 0 Å². The van der Waals surface area contributed by atoms with Crippen LogP contribution >= 0.6 is 31.3 Å². The van der Waals surface area contributed by atoms with Crippen LogP contribution in [0.2, 0.25) is 0 Å². The van der Waals surface area contributed by atoms with E-state index in [0.717, 1.165) is 36.8 Å². The molecule has 38 heavy (non-hydrogen) atoms. The molecule has 224 valence electrons. The Morgan fingerprint density at radius 1 is 0.553 bits per heavy atom. The standard InChI is InChI=1S/2C10H20O7P2/c2*1-9(2)5-4-6-10(3)7-8-16-19(14,15)17-18(11,12)13/h2*5,7H,4,6,8H2,1-3H3,(H,14,15)(H2,11,12,13)/b2*10-7+. The smallest absolute Gasteiger partial charge is 0.302 e. The highest BCUT2D eigenvalue weighted by atomic mass is 31.3. The Labute approximate surface area is 223 Å². The quantitative estimate of drug-likeness (QED) is 0.0876. The van der Waals surface area contributed by atoms with Gasteiger partial charge in [0.1, 0.15) is 0 Å². The van der Waals surface area contributed by atoms with Crippen molar-refractivity contribution < 1.29 is 65.3 Å². The van der Waals surface area contributed by atoms with Gasteiger partial charge in [-0.25, -0.2) is 18.3 Å². The number of phosphoric acid groups is 4. The van der Waals surface area contributed by atoms with E-state index >= 15 is 0 Å². The van der Waals surface area contributed by atoms with E-state index in [1.165, 1.54) is 11.1 Å². The van der Waals surface area contributed by atoms with Crippen LogP contribution in [0.1, 0.15) is 67.2 Å². The zero-order valence-corrected chi connectivity index (χ0v) is 25.9. The molecule has 0 amide bonds. The first-order chi connectivity index (χ1) is 17.0. The summed E-state index contributed by atoms with van der Waals surface area (Å²) in [5.74, 6) is 0. The Balaban J connectivity index is 0. The summed E-state index contributed by atoms with van der Waals surface area (Å²) in [5, 5.41) is 0. The molecule has 0 bridgehead atoms. The zero-order valence-electron chi connectivity index (χ0n) is 22.3. The summed E-state index contributed by atoms with van der Waals surface area (Å²) >= 11 is 0. The number of allylic oxidation sites excluding steroid dienone is 6. The lowest BCUT2D eigenvalue weighted by molar-refractivity contribution is 0.187. The highest BCUT2D eigenvalue weighted by Crippen LogP contribution is 2.58. The summed E-state index contributed by atoms with van der Waals surface area (Å²) < 4.78 is 59.1. The van der Waals surface area contributed by atoms with E-state index < -0.39 is 31.3 Å². The number of rotatable bonds is 16. The number of phosphoric ester groups is 2. The van der Waals surface area contributed by atoms with Gasteiger partial charge in [-0.05, 0) is 67.2 Å². The van der Waals surface area contributed by atoms with Gasteiger partial charge in [-0.1, -0.05) is 46.6 Å². The molecule has 2 unspecified atom stereocenters. The molecule has 0 spiro atoms. The first-order valence-electron chi connectivity index (χ1n) is 11.1. The lowest BCUT2D eigenvalue weighted by atomic mass is 10.1. The topological polar surface area (TPSA) is 227 Å². The molecule has 18 heteroatoms. The Bertz CT molecular complexity index is 944. The van der Waals surface area contributed by atoms with Gasteiger partial charge in [-0.3, -0.25) is 9.05 Å². The van der Waals surface area contributed by atoms with Crippen molar-refractivity contribution in [1.29, 1.82) is 0 Å². The third-order valence-electron chi connectivity index (χ3n) is 3.94. The SMILES string of the molecule is CC(C)=CCC/C(C)=C/COP(=O)(O)OP(=O)(O)O.CC(C)=CCC/C(C)=C/COP(=O)(O)OP(=O)(O)O. The molecule has 0 saturated carbocycles. The van der Waals surface area contributed by atoms with Crippen LogP contribution in [0.4, 0.5) is 0 Å². The molecule has 0 aliphatic rings. The van der Waals surface area contributed by atoms with E-state index in [1.54, 1.807) is 12.2 Å². The highest BCUT2D eigenvalue weighted by molar-refractivity contribution is 7.61. The molecule has 6 N–H and O–H groups in total. The van der Waals surface area contributed by atoms with Crippen LogP contribution in [-0.2, 0) is 35.9 Å². The minimum atomic E-state index is -5.05. The van der Waals surface area contributed by atoms with Crippen LogP contribution in [0.25, 0.3) is 0 Å². The second kappa shape index (κ2) is 18.8. The monoisotopic (exact) mass is 628 g/mol. The molecular weight excluding hydrogens is 588 g/mol. The second-order valence-corrected chi connectivity index (χ2v) is 14.1. The highest BCUT2D eigenvalue weighted by Gasteiger charge is 2.32. The van der Waals surface area contributed by atoms with Crippen LogP contribution in [0.5, 0.6) is 0 Å². The molecule has 0 aliphatic carbocycles. The van der Waals surface area contributed by atoms with Gasteiger partial charge in [0.15, 0.2) is 0 Å². The Morgan fingerprint density at radius 3 is 1.08 bits per heavy atom. The van der Waals surface area contributed by atoms with Crippen molar-refractivity contribution in [1.82, 2.24) is 0 Å². The summed E-state index contributed by atoms with van der Waals surface area (Å²) in [6.07, 6.45) is 10.5. The van der Waals surface area contributed by atoms with Crippen molar-refractivity contribution in [3.05, 3.63) is 46.6 Å². The molecule has 0 heterocycles. The first-order valence-corrected chi connectivity index (χ1v) is 17.1. The van der Waals surface area contributed by atoms with Crippen LogP contribution < -0.4 is 0 Å². The Morgan fingerprint density at radius 2 is 0.842 bits per heavy atom. The normalized spacial score (nSPS) is 16.0. The van der Waals surface area contributed by atoms with E-state index in [-0.39, 0.29) is 13.2 Å². The average Bonchev–Trinajstić information content (AvgIpc) is 2.63. The van der Waals surface area contributed by atoms with Crippen molar-refractivity contribution in [3.8, 4) is 0 Å². The van der Waals surface area contributed by atoms with Gasteiger partial charge in [-0.15, -0.1) is 0 Å². The fourth-order valence-corrected chi connectivity index (χ4v) is 5.30. The van der Waals surface area contributed by atoms with Crippen LogP contribution in [0, 0.1) is 0 Å². The molecule has 0 radical (unpaired) electrons. The molecule has 14 nitrogen and oxygen atoms in total. The number of hydrogen-bond acceptors (Lipinski definition) is 8. The van der Waals surface area contributed by atoms with E-state index in [4.69, 9.17) is 29.4 Å². The van der Waals surface area contributed by atoms with E-state index in [9.17, 15) is 18.3 Å². The lowest BCUT2D eigenvalue weighted by Crippen LogP contribution is -1.94. The van der Waals surface area contributed by atoms with Crippen LogP contribution in [-0.4, -0.2) is 42.6 Å². The molecule has 0 rings (SSSR count). The van der Waals surface area contributed by atoms with Gasteiger partial charge in [0.2, 0.25) is 0 Å². The number of hydrogen-bond donors (Lipinski definition) is 6. The van der Waals surface area contributed by atoms with Gasteiger partial charge in [0.05, 0.1) is 13.2 Å². The van der Waals surface area contributed by atoms with Gasteiger partial charge in [0.25, 0.3) is 0 Å². The molecule has 0 saturated heterocycles. The largest absolute Gasteiger partial charge is 0.481 e. The van der Waals surface area contributed by atoms with Crippen LogP contribution in [0.15, 0.2) is 46.6 Å². The van der Waals surface area contributed by atoms with Gasteiger partial charge >= 0.3 is 31.3 Å². The molecule has 0 aliphatic heterocycles. The van der Waals surface area contributed by atoms with E-state index in [0.29, 0.717) is 0 Å². The van der Waals surface area contributed by atoms with Crippen molar-refractivity contribution in [2.75, 3.05) is 13.2 Å². The van der Waals surface area contributed by atoms with E-state index in [1.807, 2.05) is 41.5 Å². The minimum absolute atomic E-state index is 0.256. The molecule has 0 fully saturated rings. The summed E-state index contributed by atoms with van der Waals surface area (Å²) in [7, 11) is -19.6. The molecule has 0 aromatic rings. The summed E-state index contributed by atoms with van der Waals surface area (Å²) in [5.41, 5.74) is 4.29. The summed E-state index contributed by atoms with van der Waals surface area (Å²) in [6, 6.07) is 0. The third-order valence-corrected chi connectivity index (χ3v) is 8.24. The van der Waals surface area contributed by atoms with Gasteiger partial charge < -0.3 is 29.4 Å². The average molecular weight is 628 g/mol. The second-order valence-electron chi connectivity index (χ2n) is 8.41. The fraction of sp³-hybridized carbons (Fsp3) is 0.600. The Hall–Kier alpha value is -0.520. The Kier molecular flexibility index (Phi) is 19.6. The molecule has 0 aromatic heterocycles. The van der Waals surface area contributed by atoms with Gasteiger partial charge in [0, 0.05) is 0 Å². The van der Waals surface area contributed by atoms with Crippen molar-refractivity contribution in [3.63, 3.8) is 0 Å². The van der Waals surface area contributed by atoms with E-state index in [2.05, 4.69) is 29.8 Å². The molecule has 0 aromatic carbocycles. The predicted octanol–water partition coefficient (Wildman–Crippen LogP) is 5.81. The maximum atomic E-state index is 11.1. The summed E-state index contributed by atoms with van der Waals surface area (Å²) in [4.78, 5) is 51.5. The molecule has 2 atom stereocenters. The van der Waals surface area contributed by atoms with Gasteiger partial charge in [-0.2, -0.15) is 8.62 Å². The van der Waals surface area contributed by atoms with Crippen LogP contribution in [0.3, 0.4) is 0 Å². The van der Waals surface area contributed by atoms with Crippen molar-refractivity contribution >= 4 is 31.3 Å². The maximum absolute atomic E-state index is 11.1. The van der Waals surface area contributed by atoms with Crippen molar-refractivity contribution in [2.45, 2.75) is 67.2 Å². The molecular formula is C20H40O14P4. The first kappa shape index (κ1) is 39.6.